The molecule has 0 radical (unpaired) electrons. The number of nitrogens with zero attached hydrogens (tertiary/aromatic N) is 2. The smallest absolute Gasteiger partial charge is 0.142 e. The molecule has 4 nitrogen and oxygen atoms in total. The summed E-state index contributed by atoms with van der Waals surface area (Å²) in [6.45, 7) is 0.776. The SMILES string of the molecule is CN(Cc1ccc(Cl)s1)c1cccc(NN)n1. The lowest BCUT2D eigenvalue weighted by Crippen LogP contribution is -2.18. The summed E-state index contributed by atoms with van der Waals surface area (Å²) < 4.78 is 0.804. The molecule has 2 aromatic heterocycles. The molecule has 0 saturated heterocycles. The van der Waals surface area contributed by atoms with Gasteiger partial charge in [-0.1, -0.05) is 17.7 Å². The lowest BCUT2D eigenvalue weighted by molar-refractivity contribution is 0.912. The van der Waals surface area contributed by atoms with Crippen LogP contribution in [0, 0.1) is 0 Å². The number of thiophene rings is 1. The molecule has 17 heavy (non-hydrogen) atoms. The largest absolute Gasteiger partial charge is 0.354 e. The first-order valence-corrected chi connectivity index (χ1v) is 6.27. The van der Waals surface area contributed by atoms with Crippen molar-refractivity contribution in [3.05, 3.63) is 39.5 Å². The normalized spacial score (nSPS) is 10.3. The van der Waals surface area contributed by atoms with Crippen molar-refractivity contribution in [2.24, 2.45) is 5.84 Å². The van der Waals surface area contributed by atoms with Crippen LogP contribution in [0.2, 0.25) is 4.34 Å². The molecule has 0 fully saturated rings. The summed E-state index contributed by atoms with van der Waals surface area (Å²) in [5.74, 6) is 6.85. The van der Waals surface area contributed by atoms with Crippen LogP contribution in [0.1, 0.15) is 4.88 Å². The molecule has 2 aromatic rings. The molecule has 3 N–H and O–H groups in total. The number of halogens is 1. The fourth-order valence-corrected chi connectivity index (χ4v) is 2.61. The number of hydrazine groups is 1. The average molecular weight is 269 g/mol. The average Bonchev–Trinajstić information content (AvgIpc) is 2.75. The van der Waals surface area contributed by atoms with Crippen molar-refractivity contribution in [3.63, 3.8) is 0 Å². The number of anilines is 2. The summed E-state index contributed by atoms with van der Waals surface area (Å²) in [5, 5.41) is 0. The highest BCUT2D eigenvalue weighted by Gasteiger charge is 2.06. The maximum Gasteiger partial charge on any atom is 0.142 e. The summed E-state index contributed by atoms with van der Waals surface area (Å²) >= 11 is 7.47. The number of rotatable bonds is 4. The molecule has 0 atom stereocenters. The maximum atomic E-state index is 5.90. The van der Waals surface area contributed by atoms with Gasteiger partial charge in [0.15, 0.2) is 0 Å². The van der Waals surface area contributed by atoms with Crippen LogP contribution >= 0.6 is 22.9 Å². The zero-order valence-corrected chi connectivity index (χ0v) is 10.9. The minimum atomic E-state index is 0.651. The molecule has 2 rings (SSSR count). The second-order valence-electron chi connectivity index (χ2n) is 3.59. The summed E-state index contributed by atoms with van der Waals surface area (Å²) in [4.78, 5) is 7.60. The monoisotopic (exact) mass is 268 g/mol. The minimum Gasteiger partial charge on any atom is -0.354 e. The molecule has 0 spiro atoms. The van der Waals surface area contributed by atoms with Gasteiger partial charge in [0.2, 0.25) is 0 Å². The Morgan fingerprint density at radius 3 is 2.88 bits per heavy atom. The fraction of sp³-hybridized carbons (Fsp3) is 0.182. The quantitative estimate of drug-likeness (QED) is 0.661. The van der Waals surface area contributed by atoms with Gasteiger partial charge < -0.3 is 10.3 Å². The zero-order valence-electron chi connectivity index (χ0n) is 9.35. The van der Waals surface area contributed by atoms with E-state index < -0.39 is 0 Å². The summed E-state index contributed by atoms with van der Waals surface area (Å²) in [6.07, 6.45) is 0. The molecule has 0 unspecified atom stereocenters. The summed E-state index contributed by atoms with van der Waals surface area (Å²) in [6, 6.07) is 9.60. The predicted octanol–water partition coefficient (Wildman–Crippen LogP) is 2.72. The van der Waals surface area contributed by atoms with Crippen molar-refractivity contribution in [2.45, 2.75) is 6.54 Å². The predicted molar refractivity (Wildman–Crippen MR) is 73.5 cm³/mol. The molecular weight excluding hydrogens is 256 g/mol. The number of aromatic nitrogens is 1. The molecule has 0 saturated carbocycles. The molecule has 0 amide bonds. The summed E-state index contributed by atoms with van der Waals surface area (Å²) in [5.41, 5.74) is 2.53. The topological polar surface area (TPSA) is 54.2 Å². The molecule has 0 bridgehead atoms. The van der Waals surface area contributed by atoms with Gasteiger partial charge in [-0.05, 0) is 24.3 Å². The standard InChI is InChI=1S/C11H13ClN4S/c1-16(7-8-5-6-9(12)17-8)11-4-2-3-10(14-11)15-13/h2-6H,7,13H2,1H3,(H,14,15). The summed E-state index contributed by atoms with van der Waals surface area (Å²) in [7, 11) is 1.98. The Balaban J connectivity index is 2.11. The van der Waals surface area contributed by atoms with Gasteiger partial charge in [-0.15, -0.1) is 11.3 Å². The first-order valence-electron chi connectivity index (χ1n) is 5.08. The van der Waals surface area contributed by atoms with Crippen molar-refractivity contribution < 1.29 is 0 Å². The van der Waals surface area contributed by atoms with E-state index >= 15 is 0 Å². The number of hydrogen-bond donors (Lipinski definition) is 2. The van der Waals surface area contributed by atoms with Crippen molar-refractivity contribution >= 4 is 34.6 Å². The highest BCUT2D eigenvalue weighted by molar-refractivity contribution is 7.16. The molecule has 0 aromatic carbocycles. The lowest BCUT2D eigenvalue weighted by Gasteiger charge is -2.17. The van der Waals surface area contributed by atoms with E-state index in [1.165, 1.54) is 4.88 Å². The van der Waals surface area contributed by atoms with E-state index in [0.29, 0.717) is 5.82 Å². The van der Waals surface area contributed by atoms with Crippen LogP contribution in [0.4, 0.5) is 11.6 Å². The molecule has 2 heterocycles. The zero-order chi connectivity index (χ0) is 12.3. The van der Waals surface area contributed by atoms with Crippen molar-refractivity contribution in [1.82, 2.24) is 4.98 Å². The second kappa shape index (κ2) is 5.35. The molecule has 0 aliphatic heterocycles. The third kappa shape index (κ3) is 3.09. The maximum absolute atomic E-state index is 5.90. The first kappa shape index (κ1) is 12.2. The van der Waals surface area contributed by atoms with E-state index in [0.717, 1.165) is 16.7 Å². The molecule has 0 aliphatic rings. The fourth-order valence-electron chi connectivity index (χ4n) is 1.47. The number of hydrogen-bond acceptors (Lipinski definition) is 5. The van der Waals surface area contributed by atoms with E-state index in [4.69, 9.17) is 17.4 Å². The Morgan fingerprint density at radius 2 is 2.24 bits per heavy atom. The van der Waals surface area contributed by atoms with Crippen molar-refractivity contribution in [2.75, 3.05) is 17.4 Å². The number of nitrogens with one attached hydrogen (secondary N) is 1. The Bertz CT molecular complexity index is 500. The third-order valence-electron chi connectivity index (χ3n) is 2.30. The van der Waals surface area contributed by atoms with Crippen LogP contribution in [-0.4, -0.2) is 12.0 Å². The van der Waals surface area contributed by atoms with Crippen LogP contribution in [-0.2, 0) is 6.54 Å². The first-order chi connectivity index (χ1) is 8.19. The lowest BCUT2D eigenvalue weighted by atomic mass is 10.4. The Labute approximate surface area is 109 Å². The molecule has 0 aliphatic carbocycles. The molecule has 6 heteroatoms. The van der Waals surface area contributed by atoms with Gasteiger partial charge >= 0.3 is 0 Å². The van der Waals surface area contributed by atoms with Crippen molar-refractivity contribution in [1.29, 1.82) is 0 Å². The van der Waals surface area contributed by atoms with Gasteiger partial charge in [-0.25, -0.2) is 10.8 Å². The minimum absolute atomic E-state index is 0.651. The molecular formula is C11H13ClN4S. The number of nitrogens with two attached hydrogens (primary N) is 1. The van der Waals surface area contributed by atoms with E-state index in [1.54, 1.807) is 11.3 Å². The van der Waals surface area contributed by atoms with Crippen LogP contribution in [0.3, 0.4) is 0 Å². The van der Waals surface area contributed by atoms with E-state index in [9.17, 15) is 0 Å². The van der Waals surface area contributed by atoms with Gasteiger partial charge in [0.25, 0.3) is 0 Å². The van der Waals surface area contributed by atoms with Crippen molar-refractivity contribution in [3.8, 4) is 0 Å². The van der Waals surface area contributed by atoms with E-state index in [-0.39, 0.29) is 0 Å². The van der Waals surface area contributed by atoms with E-state index in [1.807, 2.05) is 42.3 Å². The van der Waals surface area contributed by atoms with Gasteiger partial charge in [0, 0.05) is 11.9 Å². The Morgan fingerprint density at radius 1 is 1.41 bits per heavy atom. The van der Waals surface area contributed by atoms with Gasteiger partial charge in [-0.3, -0.25) is 0 Å². The van der Waals surface area contributed by atoms with Crippen LogP contribution in [0.15, 0.2) is 30.3 Å². The van der Waals surface area contributed by atoms with Crippen LogP contribution in [0.5, 0.6) is 0 Å². The highest BCUT2D eigenvalue weighted by Crippen LogP contribution is 2.24. The van der Waals surface area contributed by atoms with Crippen LogP contribution in [0.25, 0.3) is 0 Å². The number of nitrogen functional groups attached to an aromatic ring is 1. The van der Waals surface area contributed by atoms with Gasteiger partial charge in [0.1, 0.15) is 11.6 Å². The molecule has 90 valence electrons. The number of pyridine rings is 1. The van der Waals surface area contributed by atoms with E-state index in [2.05, 4.69) is 10.4 Å². The van der Waals surface area contributed by atoms with Crippen LogP contribution < -0.4 is 16.2 Å². The third-order valence-corrected chi connectivity index (χ3v) is 3.51. The Kier molecular flexibility index (Phi) is 3.83. The second-order valence-corrected chi connectivity index (χ2v) is 5.39. The Hall–Kier alpha value is -1.30. The van der Waals surface area contributed by atoms with Gasteiger partial charge in [-0.2, -0.15) is 0 Å². The highest BCUT2D eigenvalue weighted by atomic mass is 35.5. The van der Waals surface area contributed by atoms with Gasteiger partial charge in [0.05, 0.1) is 10.9 Å².